The van der Waals surface area contributed by atoms with Crippen LogP contribution in [0.1, 0.15) is 72.6 Å². The Bertz CT molecular complexity index is 257. The molecule has 0 radical (unpaired) electrons. The fourth-order valence-electron chi connectivity index (χ4n) is 1.47. The van der Waals surface area contributed by atoms with Crippen molar-refractivity contribution in [1.29, 1.82) is 0 Å². The molecule has 0 aromatic rings. The van der Waals surface area contributed by atoms with E-state index in [1.165, 1.54) is 19.3 Å². The molecule has 4 nitrogen and oxygen atoms in total. The Morgan fingerprint density at radius 3 is 2.17 bits per heavy atom. The van der Waals surface area contributed by atoms with Crippen molar-refractivity contribution in [2.45, 2.75) is 84.4 Å². The van der Waals surface area contributed by atoms with Crippen LogP contribution in [0.5, 0.6) is 0 Å². The standard InChI is InChI=1S/C10H20N2O.C4H8O/c1-3-10(2,13)12-11-9-7-5-4-6-8-9;1-3-4(2)5/h9,13H,3-8H2,1-2H3;3H2,1-2H3. The lowest BCUT2D eigenvalue weighted by Gasteiger charge is -2.19. The molecule has 1 unspecified atom stereocenters. The Labute approximate surface area is 111 Å². The molecule has 0 aromatic heterocycles. The number of aliphatic hydroxyl groups is 1. The summed E-state index contributed by atoms with van der Waals surface area (Å²) in [5.74, 6) is 0.255. The molecular formula is C14H28N2O2. The summed E-state index contributed by atoms with van der Waals surface area (Å²) >= 11 is 0. The van der Waals surface area contributed by atoms with E-state index < -0.39 is 5.72 Å². The van der Waals surface area contributed by atoms with Crippen LogP contribution in [0.4, 0.5) is 0 Å². The summed E-state index contributed by atoms with van der Waals surface area (Å²) < 4.78 is 0. The van der Waals surface area contributed by atoms with Gasteiger partial charge in [0.1, 0.15) is 5.78 Å². The number of hydrogen-bond donors (Lipinski definition) is 1. The van der Waals surface area contributed by atoms with E-state index in [0.29, 0.717) is 18.9 Å². The Morgan fingerprint density at radius 2 is 1.78 bits per heavy atom. The lowest BCUT2D eigenvalue weighted by Crippen LogP contribution is -2.20. The highest BCUT2D eigenvalue weighted by atomic mass is 16.3. The Hall–Kier alpha value is -0.770. The van der Waals surface area contributed by atoms with Crippen LogP contribution in [0.25, 0.3) is 0 Å². The number of carbonyl (C=O) groups excluding carboxylic acids is 1. The smallest absolute Gasteiger partial charge is 0.172 e. The molecule has 0 aliphatic heterocycles. The molecule has 1 aliphatic carbocycles. The monoisotopic (exact) mass is 256 g/mol. The van der Waals surface area contributed by atoms with Gasteiger partial charge in [0, 0.05) is 6.42 Å². The number of carbonyl (C=O) groups is 1. The quantitative estimate of drug-likeness (QED) is 0.776. The normalized spacial score (nSPS) is 20.1. The number of hydrogen-bond acceptors (Lipinski definition) is 4. The fourth-order valence-corrected chi connectivity index (χ4v) is 1.47. The average Bonchev–Trinajstić information content (AvgIpc) is 2.38. The van der Waals surface area contributed by atoms with E-state index in [1.807, 2.05) is 13.8 Å². The average molecular weight is 256 g/mol. The highest BCUT2D eigenvalue weighted by Crippen LogP contribution is 2.22. The van der Waals surface area contributed by atoms with Crippen molar-refractivity contribution in [2.75, 3.05) is 0 Å². The molecule has 18 heavy (non-hydrogen) atoms. The Kier molecular flexibility index (Phi) is 8.81. The predicted octanol–water partition coefficient (Wildman–Crippen LogP) is 3.88. The first kappa shape index (κ1) is 17.2. The van der Waals surface area contributed by atoms with E-state index in [4.69, 9.17) is 0 Å². The van der Waals surface area contributed by atoms with Crippen LogP contribution in [-0.2, 0) is 4.79 Å². The minimum atomic E-state index is -0.947. The summed E-state index contributed by atoms with van der Waals surface area (Å²) in [6.45, 7) is 7.06. The molecule has 0 saturated heterocycles. The van der Waals surface area contributed by atoms with Crippen molar-refractivity contribution in [1.82, 2.24) is 0 Å². The van der Waals surface area contributed by atoms with Crippen molar-refractivity contribution < 1.29 is 9.90 Å². The van der Waals surface area contributed by atoms with Crippen LogP contribution < -0.4 is 0 Å². The van der Waals surface area contributed by atoms with Gasteiger partial charge in [0.15, 0.2) is 5.72 Å². The molecule has 0 heterocycles. The molecule has 0 amide bonds. The molecule has 1 aliphatic rings. The molecule has 4 heteroatoms. The van der Waals surface area contributed by atoms with E-state index in [-0.39, 0.29) is 5.78 Å². The molecule has 0 aromatic carbocycles. The van der Waals surface area contributed by atoms with Crippen molar-refractivity contribution in [3.8, 4) is 0 Å². The summed E-state index contributed by atoms with van der Waals surface area (Å²) in [7, 11) is 0. The molecule has 1 atom stereocenters. The number of rotatable bonds is 4. The lowest BCUT2D eigenvalue weighted by molar-refractivity contribution is -0.116. The van der Waals surface area contributed by atoms with Crippen molar-refractivity contribution in [3.05, 3.63) is 0 Å². The Balaban J connectivity index is 0.000000494. The van der Waals surface area contributed by atoms with E-state index >= 15 is 0 Å². The van der Waals surface area contributed by atoms with Gasteiger partial charge in [0.05, 0.1) is 6.04 Å². The van der Waals surface area contributed by atoms with E-state index in [9.17, 15) is 9.90 Å². The van der Waals surface area contributed by atoms with Gasteiger partial charge >= 0.3 is 0 Å². The van der Waals surface area contributed by atoms with Gasteiger partial charge in [-0.15, -0.1) is 0 Å². The zero-order valence-corrected chi connectivity index (χ0v) is 12.3. The maximum Gasteiger partial charge on any atom is 0.172 e. The van der Waals surface area contributed by atoms with Gasteiger partial charge in [-0.2, -0.15) is 10.2 Å². The van der Waals surface area contributed by atoms with Gasteiger partial charge in [-0.1, -0.05) is 33.1 Å². The lowest BCUT2D eigenvalue weighted by atomic mass is 9.96. The third-order valence-corrected chi connectivity index (χ3v) is 3.18. The van der Waals surface area contributed by atoms with Crippen LogP contribution in [0.2, 0.25) is 0 Å². The predicted molar refractivity (Wildman–Crippen MR) is 73.6 cm³/mol. The topological polar surface area (TPSA) is 62.0 Å². The summed E-state index contributed by atoms with van der Waals surface area (Å²) in [4.78, 5) is 9.81. The zero-order chi connectivity index (χ0) is 14.0. The summed E-state index contributed by atoms with van der Waals surface area (Å²) in [6.07, 6.45) is 7.43. The van der Waals surface area contributed by atoms with Crippen molar-refractivity contribution in [2.24, 2.45) is 10.2 Å². The fraction of sp³-hybridized carbons (Fsp3) is 0.929. The molecule has 106 valence electrons. The van der Waals surface area contributed by atoms with Gasteiger partial charge in [-0.25, -0.2) is 0 Å². The number of ketones is 1. The van der Waals surface area contributed by atoms with Gasteiger partial charge in [0.2, 0.25) is 0 Å². The second-order valence-corrected chi connectivity index (χ2v) is 5.13. The van der Waals surface area contributed by atoms with Gasteiger partial charge in [-0.05, 0) is 33.1 Å². The summed E-state index contributed by atoms with van der Waals surface area (Å²) in [6, 6.07) is 0.367. The molecule has 1 saturated carbocycles. The second kappa shape index (κ2) is 9.20. The molecule has 1 fully saturated rings. The van der Waals surface area contributed by atoms with E-state index in [2.05, 4.69) is 10.2 Å². The third kappa shape index (κ3) is 9.28. The SMILES string of the molecule is CCC(C)(O)N=NC1CCCCC1.CCC(C)=O. The second-order valence-electron chi connectivity index (χ2n) is 5.13. The van der Waals surface area contributed by atoms with E-state index in [0.717, 1.165) is 12.8 Å². The molecule has 0 spiro atoms. The van der Waals surface area contributed by atoms with Crippen molar-refractivity contribution >= 4 is 5.78 Å². The first-order valence-corrected chi connectivity index (χ1v) is 7.05. The maximum atomic E-state index is 9.81. The summed E-state index contributed by atoms with van der Waals surface area (Å²) in [5, 5.41) is 17.8. The number of nitrogens with zero attached hydrogens (tertiary/aromatic N) is 2. The zero-order valence-electron chi connectivity index (χ0n) is 12.3. The number of Topliss-reactive ketones (excluding diaryl/α,β-unsaturated/α-hetero) is 1. The third-order valence-electron chi connectivity index (χ3n) is 3.18. The minimum Gasteiger partial charge on any atom is -0.368 e. The largest absolute Gasteiger partial charge is 0.368 e. The highest BCUT2D eigenvalue weighted by Gasteiger charge is 2.17. The highest BCUT2D eigenvalue weighted by molar-refractivity contribution is 5.74. The van der Waals surface area contributed by atoms with Crippen LogP contribution in [0.3, 0.4) is 0 Å². The molecule has 0 bridgehead atoms. The molecule has 1 N–H and O–H groups in total. The first-order valence-electron chi connectivity index (χ1n) is 7.05. The van der Waals surface area contributed by atoms with Crippen LogP contribution in [-0.4, -0.2) is 22.7 Å². The van der Waals surface area contributed by atoms with Gasteiger partial charge in [0.25, 0.3) is 0 Å². The van der Waals surface area contributed by atoms with E-state index in [1.54, 1.807) is 13.8 Å². The van der Waals surface area contributed by atoms with Crippen molar-refractivity contribution in [3.63, 3.8) is 0 Å². The van der Waals surface area contributed by atoms with Crippen LogP contribution in [0, 0.1) is 0 Å². The van der Waals surface area contributed by atoms with Crippen LogP contribution >= 0.6 is 0 Å². The maximum absolute atomic E-state index is 9.81. The van der Waals surface area contributed by atoms with Crippen LogP contribution in [0.15, 0.2) is 10.2 Å². The number of azo groups is 1. The Morgan fingerprint density at radius 1 is 1.28 bits per heavy atom. The van der Waals surface area contributed by atoms with Gasteiger partial charge in [-0.3, -0.25) is 0 Å². The van der Waals surface area contributed by atoms with Gasteiger partial charge < -0.3 is 9.90 Å². The molecular weight excluding hydrogens is 228 g/mol. The first-order chi connectivity index (χ1) is 8.41. The summed E-state index contributed by atoms with van der Waals surface area (Å²) in [5.41, 5.74) is -0.947. The molecule has 1 rings (SSSR count). The minimum absolute atomic E-state index is 0.255.